The fraction of sp³-hybridized carbons (Fsp3) is 0.450. The highest BCUT2D eigenvalue weighted by Gasteiger charge is 2.28. The molecule has 2 amide bonds. The molecule has 1 aromatic carbocycles. The van der Waals surface area contributed by atoms with E-state index >= 15 is 0 Å². The van der Waals surface area contributed by atoms with Crippen molar-refractivity contribution in [2.24, 2.45) is 0 Å². The van der Waals surface area contributed by atoms with Crippen LogP contribution in [0.2, 0.25) is 0 Å². The number of rotatable bonds is 7. The van der Waals surface area contributed by atoms with Crippen molar-refractivity contribution in [3.8, 4) is 11.8 Å². The highest BCUT2D eigenvalue weighted by Crippen LogP contribution is 2.09. The average molecular weight is 374 g/mol. The van der Waals surface area contributed by atoms with Crippen molar-refractivity contribution < 1.29 is 24.2 Å². The summed E-state index contributed by atoms with van der Waals surface area (Å²) < 4.78 is 5.20. The first kappa shape index (κ1) is 22.0. The Bertz CT molecular complexity index is 713. The van der Waals surface area contributed by atoms with E-state index in [1.165, 1.54) is 0 Å². The zero-order chi connectivity index (χ0) is 20.4. The largest absolute Gasteiger partial charge is 0.480 e. The second-order valence-corrected chi connectivity index (χ2v) is 6.92. The molecule has 1 rings (SSSR count). The molecule has 1 aromatic rings. The zero-order valence-electron chi connectivity index (χ0n) is 16.0. The molecule has 0 spiro atoms. The molecule has 2 atom stereocenters. The number of carbonyl (C=O) groups excluding carboxylic acids is 2. The van der Waals surface area contributed by atoms with Crippen molar-refractivity contribution in [2.75, 3.05) is 0 Å². The van der Waals surface area contributed by atoms with Crippen LogP contribution in [0.3, 0.4) is 0 Å². The van der Waals surface area contributed by atoms with Crippen molar-refractivity contribution in [1.82, 2.24) is 10.6 Å². The molecule has 0 saturated heterocycles. The van der Waals surface area contributed by atoms with Gasteiger partial charge in [-0.2, -0.15) is 0 Å². The number of carboxylic acids is 1. The van der Waals surface area contributed by atoms with E-state index < -0.39 is 35.7 Å². The Hall–Kier alpha value is -3.01. The number of amides is 2. The lowest BCUT2D eigenvalue weighted by atomic mass is 10.0. The molecule has 0 heterocycles. The summed E-state index contributed by atoms with van der Waals surface area (Å²) in [5.41, 5.74) is 0.0898. The molecule has 0 fully saturated rings. The smallest absolute Gasteiger partial charge is 0.408 e. The van der Waals surface area contributed by atoms with Gasteiger partial charge in [-0.3, -0.25) is 4.79 Å². The standard InChI is InChI=1S/C20H26N2O5/c1-5-6-12-15(18(24)25)21-17(23)16(13-14-10-8-7-9-11-14)22-19(26)27-20(2,3)4/h7-11,15-16H,12-13H2,1-4H3,(H,21,23)(H,22,26)(H,24,25)/t15-,16-/m1/s1. The first-order valence-electron chi connectivity index (χ1n) is 8.58. The minimum Gasteiger partial charge on any atom is -0.480 e. The van der Waals surface area contributed by atoms with E-state index in [9.17, 15) is 19.5 Å². The Balaban J connectivity index is 2.93. The number of alkyl carbamates (subject to hydrolysis) is 1. The summed E-state index contributed by atoms with van der Waals surface area (Å²) in [6.45, 7) is 6.72. The minimum absolute atomic E-state index is 0.0257. The summed E-state index contributed by atoms with van der Waals surface area (Å²) in [5.74, 6) is 3.43. The number of aliphatic carboxylic acids is 1. The van der Waals surface area contributed by atoms with Gasteiger partial charge >= 0.3 is 12.1 Å². The van der Waals surface area contributed by atoms with Crippen molar-refractivity contribution in [1.29, 1.82) is 0 Å². The van der Waals surface area contributed by atoms with Crippen LogP contribution in [-0.4, -0.2) is 40.8 Å². The predicted molar refractivity (Wildman–Crippen MR) is 101 cm³/mol. The van der Waals surface area contributed by atoms with Crippen LogP contribution >= 0.6 is 0 Å². The molecular weight excluding hydrogens is 348 g/mol. The minimum atomic E-state index is -1.19. The number of carboxylic acid groups (broad SMARTS) is 1. The fourth-order valence-electron chi connectivity index (χ4n) is 2.19. The molecule has 0 bridgehead atoms. The van der Waals surface area contributed by atoms with Crippen LogP contribution in [0, 0.1) is 11.8 Å². The van der Waals surface area contributed by atoms with Gasteiger partial charge in [0.15, 0.2) is 0 Å². The van der Waals surface area contributed by atoms with Gasteiger partial charge in [0.05, 0.1) is 0 Å². The Morgan fingerprint density at radius 1 is 1.11 bits per heavy atom. The van der Waals surface area contributed by atoms with Gasteiger partial charge in [-0.05, 0) is 33.3 Å². The van der Waals surface area contributed by atoms with Crippen LogP contribution in [0.1, 0.15) is 39.7 Å². The van der Waals surface area contributed by atoms with Crippen LogP contribution in [0.25, 0.3) is 0 Å². The normalized spacial score (nSPS) is 12.7. The lowest BCUT2D eigenvalue weighted by Crippen LogP contribution is -2.53. The summed E-state index contributed by atoms with van der Waals surface area (Å²) in [6.07, 6.45) is -0.585. The lowest BCUT2D eigenvalue weighted by Gasteiger charge is -2.24. The van der Waals surface area contributed by atoms with E-state index in [-0.39, 0.29) is 12.8 Å². The van der Waals surface area contributed by atoms with E-state index in [0.29, 0.717) is 0 Å². The molecule has 0 saturated carbocycles. The molecule has 146 valence electrons. The second-order valence-electron chi connectivity index (χ2n) is 6.92. The SMILES string of the molecule is CC#CC[C@@H](NC(=O)[C@@H](Cc1ccccc1)NC(=O)OC(C)(C)C)C(=O)O. The van der Waals surface area contributed by atoms with E-state index in [1.807, 2.05) is 30.3 Å². The van der Waals surface area contributed by atoms with E-state index in [2.05, 4.69) is 22.5 Å². The van der Waals surface area contributed by atoms with Crippen LogP contribution in [-0.2, 0) is 20.7 Å². The summed E-state index contributed by atoms with van der Waals surface area (Å²) in [7, 11) is 0. The van der Waals surface area contributed by atoms with Crippen LogP contribution in [0.15, 0.2) is 30.3 Å². The number of hydrogen-bond acceptors (Lipinski definition) is 4. The molecule has 7 nitrogen and oxygen atoms in total. The third-order valence-corrected chi connectivity index (χ3v) is 3.39. The van der Waals surface area contributed by atoms with Crippen molar-refractivity contribution in [2.45, 2.75) is 58.2 Å². The maximum atomic E-state index is 12.6. The van der Waals surface area contributed by atoms with Gasteiger partial charge in [-0.1, -0.05) is 30.3 Å². The maximum absolute atomic E-state index is 12.6. The molecule has 0 aromatic heterocycles. The highest BCUT2D eigenvalue weighted by molar-refractivity contribution is 5.89. The molecular formula is C20H26N2O5. The van der Waals surface area contributed by atoms with Crippen molar-refractivity contribution in [3.63, 3.8) is 0 Å². The first-order valence-corrected chi connectivity index (χ1v) is 8.58. The number of nitrogens with one attached hydrogen (secondary N) is 2. The number of carbonyl (C=O) groups is 3. The second kappa shape index (κ2) is 10.2. The van der Waals surface area contributed by atoms with Crippen molar-refractivity contribution >= 4 is 18.0 Å². The lowest BCUT2D eigenvalue weighted by molar-refractivity contribution is -0.141. The highest BCUT2D eigenvalue weighted by atomic mass is 16.6. The molecule has 7 heteroatoms. The summed E-state index contributed by atoms with van der Waals surface area (Å²) in [4.78, 5) is 36.1. The van der Waals surface area contributed by atoms with E-state index in [4.69, 9.17) is 4.74 Å². The summed E-state index contributed by atoms with van der Waals surface area (Å²) in [5, 5.41) is 14.2. The molecule has 0 aliphatic carbocycles. The van der Waals surface area contributed by atoms with Gasteiger partial charge in [-0.25, -0.2) is 9.59 Å². The molecule has 0 radical (unpaired) electrons. The third-order valence-electron chi connectivity index (χ3n) is 3.39. The van der Waals surface area contributed by atoms with Gasteiger partial charge in [0.1, 0.15) is 17.7 Å². The monoisotopic (exact) mass is 374 g/mol. The van der Waals surface area contributed by atoms with Gasteiger partial charge in [0.2, 0.25) is 5.91 Å². The van der Waals surface area contributed by atoms with Crippen LogP contribution < -0.4 is 10.6 Å². The Labute approximate surface area is 159 Å². The zero-order valence-corrected chi connectivity index (χ0v) is 16.0. The Morgan fingerprint density at radius 2 is 1.74 bits per heavy atom. The number of hydrogen-bond donors (Lipinski definition) is 3. The Kier molecular flexibility index (Phi) is 8.34. The van der Waals surface area contributed by atoms with Gasteiger partial charge in [-0.15, -0.1) is 11.8 Å². The Morgan fingerprint density at radius 3 is 2.26 bits per heavy atom. The third kappa shape index (κ3) is 8.77. The van der Waals surface area contributed by atoms with Crippen molar-refractivity contribution in [3.05, 3.63) is 35.9 Å². The summed E-state index contributed by atoms with van der Waals surface area (Å²) >= 11 is 0. The van der Waals surface area contributed by atoms with Gasteiger partial charge < -0.3 is 20.5 Å². The topological polar surface area (TPSA) is 105 Å². The van der Waals surface area contributed by atoms with Gasteiger partial charge in [0.25, 0.3) is 0 Å². The van der Waals surface area contributed by atoms with Gasteiger partial charge in [0, 0.05) is 12.8 Å². The molecule has 0 unspecified atom stereocenters. The maximum Gasteiger partial charge on any atom is 0.408 e. The van der Waals surface area contributed by atoms with E-state index in [1.54, 1.807) is 27.7 Å². The van der Waals surface area contributed by atoms with Crippen LogP contribution in [0.5, 0.6) is 0 Å². The molecule has 0 aliphatic heterocycles. The number of benzene rings is 1. The van der Waals surface area contributed by atoms with Crippen LogP contribution in [0.4, 0.5) is 4.79 Å². The van der Waals surface area contributed by atoms with E-state index in [0.717, 1.165) is 5.56 Å². The predicted octanol–water partition coefficient (Wildman–Crippen LogP) is 2.11. The summed E-state index contributed by atoms with van der Waals surface area (Å²) in [6, 6.07) is 6.94. The quantitative estimate of drug-likeness (QED) is 0.634. The average Bonchev–Trinajstić information content (AvgIpc) is 2.56. The fourth-order valence-corrected chi connectivity index (χ4v) is 2.19. The number of ether oxygens (including phenoxy) is 1. The molecule has 0 aliphatic rings. The molecule has 27 heavy (non-hydrogen) atoms. The molecule has 3 N–H and O–H groups in total. The first-order chi connectivity index (χ1) is 12.6.